The summed E-state index contributed by atoms with van der Waals surface area (Å²) in [5, 5.41) is 5.01. The Bertz CT molecular complexity index is 591. The summed E-state index contributed by atoms with van der Waals surface area (Å²) in [6, 6.07) is 5.78. The Hall–Kier alpha value is -1.60. The predicted octanol–water partition coefficient (Wildman–Crippen LogP) is 1.84. The fourth-order valence-corrected chi connectivity index (χ4v) is 3.00. The van der Waals surface area contributed by atoms with Gasteiger partial charge in [0, 0.05) is 0 Å². The van der Waals surface area contributed by atoms with Crippen LogP contribution < -0.4 is 9.88 Å². The Labute approximate surface area is 130 Å². The Morgan fingerprint density at radius 3 is 2.32 bits per heavy atom. The molecule has 1 saturated carbocycles. The van der Waals surface area contributed by atoms with Crippen LogP contribution in [0.2, 0.25) is 0 Å². The van der Waals surface area contributed by atoms with Crippen LogP contribution in [-0.4, -0.2) is 27.6 Å². The molecule has 0 aromatic heterocycles. The van der Waals surface area contributed by atoms with Gasteiger partial charge in [0.25, 0.3) is 0 Å². The average Bonchev–Trinajstić information content (AvgIpc) is 2.52. The molecule has 0 saturated heterocycles. The van der Waals surface area contributed by atoms with E-state index in [0.29, 0.717) is 5.75 Å². The van der Waals surface area contributed by atoms with Gasteiger partial charge in [-0.2, -0.15) is 0 Å². The van der Waals surface area contributed by atoms with E-state index in [2.05, 4.69) is 0 Å². The lowest BCUT2D eigenvalue weighted by atomic mass is 9.89. The number of esters is 1. The van der Waals surface area contributed by atoms with E-state index in [0.717, 1.165) is 25.7 Å². The summed E-state index contributed by atoms with van der Waals surface area (Å²) in [5.41, 5.74) is 0. The predicted molar refractivity (Wildman–Crippen MR) is 80.8 cm³/mol. The van der Waals surface area contributed by atoms with Crippen molar-refractivity contribution < 1.29 is 22.7 Å². The van der Waals surface area contributed by atoms with Crippen molar-refractivity contribution >= 4 is 16.0 Å². The van der Waals surface area contributed by atoms with E-state index in [1.165, 1.54) is 30.7 Å². The van der Waals surface area contributed by atoms with E-state index in [1.807, 2.05) is 0 Å². The highest BCUT2D eigenvalue weighted by molar-refractivity contribution is 7.89. The minimum Gasteiger partial charge on any atom is -0.490 e. The molecule has 2 rings (SSSR count). The van der Waals surface area contributed by atoms with E-state index >= 15 is 0 Å². The molecule has 0 aliphatic heterocycles. The molecule has 0 unspecified atom stereocenters. The largest absolute Gasteiger partial charge is 0.490 e. The van der Waals surface area contributed by atoms with E-state index < -0.39 is 10.0 Å². The smallest absolute Gasteiger partial charge is 0.309 e. The Morgan fingerprint density at radius 2 is 1.73 bits per heavy atom. The molecule has 122 valence electrons. The second-order valence-corrected chi connectivity index (χ2v) is 6.93. The number of hydrogen-bond donors (Lipinski definition) is 1. The molecule has 0 radical (unpaired) electrons. The Kier molecular flexibility index (Phi) is 5.79. The molecule has 0 bridgehead atoms. The van der Waals surface area contributed by atoms with Gasteiger partial charge in [-0.1, -0.05) is 19.3 Å². The van der Waals surface area contributed by atoms with Gasteiger partial charge in [-0.3, -0.25) is 4.79 Å². The molecule has 1 fully saturated rings. The third-order valence-corrected chi connectivity index (χ3v) is 4.62. The molecular formula is C15H21NO5S. The molecule has 1 aliphatic rings. The number of sulfonamides is 1. The van der Waals surface area contributed by atoms with E-state index in [9.17, 15) is 13.2 Å². The van der Waals surface area contributed by atoms with Crippen molar-refractivity contribution in [3.8, 4) is 5.75 Å². The first-order valence-corrected chi connectivity index (χ1v) is 8.94. The molecule has 1 aromatic carbocycles. The van der Waals surface area contributed by atoms with Crippen molar-refractivity contribution in [2.24, 2.45) is 11.1 Å². The van der Waals surface area contributed by atoms with Gasteiger partial charge >= 0.3 is 5.97 Å². The molecule has 0 heterocycles. The van der Waals surface area contributed by atoms with Crippen LogP contribution in [-0.2, 0) is 19.6 Å². The van der Waals surface area contributed by atoms with Gasteiger partial charge in [0.2, 0.25) is 10.0 Å². The summed E-state index contributed by atoms with van der Waals surface area (Å²) in [7, 11) is -3.69. The van der Waals surface area contributed by atoms with Crippen molar-refractivity contribution in [1.29, 1.82) is 0 Å². The standard InChI is InChI=1S/C15H21NO5S/c16-22(18,19)14-8-6-13(7-9-14)20-10-11-21-15(17)12-4-2-1-3-5-12/h6-9,12H,1-5,10-11H2,(H2,16,18,19). The third kappa shape index (κ3) is 4.99. The number of carbonyl (C=O) groups excluding carboxylic acids is 1. The van der Waals surface area contributed by atoms with Crippen molar-refractivity contribution in [3.05, 3.63) is 24.3 Å². The maximum atomic E-state index is 11.8. The van der Waals surface area contributed by atoms with Gasteiger partial charge in [-0.05, 0) is 37.1 Å². The highest BCUT2D eigenvalue weighted by Gasteiger charge is 2.22. The lowest BCUT2D eigenvalue weighted by molar-refractivity contribution is -0.150. The van der Waals surface area contributed by atoms with E-state index in [-0.39, 0.29) is 30.0 Å². The third-order valence-electron chi connectivity index (χ3n) is 3.69. The number of ether oxygens (including phenoxy) is 2. The minimum absolute atomic E-state index is 0.0304. The topological polar surface area (TPSA) is 95.7 Å². The number of benzene rings is 1. The second-order valence-electron chi connectivity index (χ2n) is 5.37. The van der Waals surface area contributed by atoms with Gasteiger partial charge in [0.15, 0.2) is 0 Å². The monoisotopic (exact) mass is 327 g/mol. The number of hydrogen-bond acceptors (Lipinski definition) is 5. The summed E-state index contributed by atoms with van der Waals surface area (Å²) in [5.74, 6) is 0.386. The first kappa shape index (κ1) is 16.8. The molecule has 0 spiro atoms. The van der Waals surface area contributed by atoms with Crippen molar-refractivity contribution in [2.75, 3.05) is 13.2 Å². The lowest BCUT2D eigenvalue weighted by Gasteiger charge is -2.19. The molecule has 1 aliphatic carbocycles. The normalized spacial score (nSPS) is 16.2. The maximum absolute atomic E-state index is 11.8. The highest BCUT2D eigenvalue weighted by atomic mass is 32.2. The van der Waals surface area contributed by atoms with Crippen LogP contribution in [0.1, 0.15) is 32.1 Å². The van der Waals surface area contributed by atoms with Gasteiger partial charge in [-0.15, -0.1) is 0 Å². The van der Waals surface area contributed by atoms with Crippen molar-refractivity contribution in [3.63, 3.8) is 0 Å². The van der Waals surface area contributed by atoms with E-state index in [4.69, 9.17) is 14.6 Å². The summed E-state index contributed by atoms with van der Waals surface area (Å²) in [6.07, 6.45) is 5.20. The van der Waals surface area contributed by atoms with Crippen LogP contribution in [0.4, 0.5) is 0 Å². The minimum atomic E-state index is -3.69. The van der Waals surface area contributed by atoms with Crippen molar-refractivity contribution in [1.82, 2.24) is 0 Å². The second kappa shape index (κ2) is 7.60. The number of nitrogens with two attached hydrogens (primary N) is 1. The van der Waals surface area contributed by atoms with Crippen LogP contribution in [0.15, 0.2) is 29.2 Å². The summed E-state index contributed by atoms with van der Waals surface area (Å²) in [4.78, 5) is 11.8. The highest BCUT2D eigenvalue weighted by Crippen LogP contribution is 2.24. The van der Waals surface area contributed by atoms with Gasteiger partial charge < -0.3 is 9.47 Å². The number of rotatable bonds is 6. The van der Waals surface area contributed by atoms with Crippen LogP contribution in [0.25, 0.3) is 0 Å². The maximum Gasteiger partial charge on any atom is 0.309 e. The first-order valence-electron chi connectivity index (χ1n) is 7.39. The van der Waals surface area contributed by atoms with Crippen LogP contribution in [0, 0.1) is 5.92 Å². The molecule has 6 nitrogen and oxygen atoms in total. The van der Waals surface area contributed by atoms with Gasteiger partial charge in [-0.25, -0.2) is 13.6 Å². The summed E-state index contributed by atoms with van der Waals surface area (Å²) >= 11 is 0. The SMILES string of the molecule is NS(=O)(=O)c1ccc(OCCOC(=O)C2CCCCC2)cc1. The van der Waals surface area contributed by atoms with Crippen LogP contribution >= 0.6 is 0 Å². The van der Waals surface area contributed by atoms with Gasteiger partial charge in [0.05, 0.1) is 10.8 Å². The Balaban J connectivity index is 1.71. The first-order chi connectivity index (χ1) is 10.5. The quantitative estimate of drug-likeness (QED) is 0.635. The summed E-state index contributed by atoms with van der Waals surface area (Å²) < 4.78 is 32.8. The molecule has 1 aromatic rings. The summed E-state index contributed by atoms with van der Waals surface area (Å²) in [6.45, 7) is 0.416. The molecule has 0 amide bonds. The Morgan fingerprint density at radius 1 is 1.09 bits per heavy atom. The van der Waals surface area contributed by atoms with Crippen LogP contribution in [0.3, 0.4) is 0 Å². The van der Waals surface area contributed by atoms with Gasteiger partial charge in [0.1, 0.15) is 19.0 Å². The van der Waals surface area contributed by atoms with Crippen molar-refractivity contribution in [2.45, 2.75) is 37.0 Å². The lowest BCUT2D eigenvalue weighted by Crippen LogP contribution is -2.22. The molecule has 7 heteroatoms. The van der Waals surface area contributed by atoms with Crippen LogP contribution in [0.5, 0.6) is 5.75 Å². The molecule has 22 heavy (non-hydrogen) atoms. The zero-order valence-electron chi connectivity index (χ0n) is 12.4. The molecule has 0 atom stereocenters. The average molecular weight is 327 g/mol. The number of carbonyl (C=O) groups is 1. The molecular weight excluding hydrogens is 306 g/mol. The molecule has 2 N–H and O–H groups in total. The number of primary sulfonamides is 1. The fourth-order valence-electron chi connectivity index (χ4n) is 2.48. The zero-order chi connectivity index (χ0) is 16.0. The van der Waals surface area contributed by atoms with E-state index in [1.54, 1.807) is 0 Å². The fraction of sp³-hybridized carbons (Fsp3) is 0.533. The zero-order valence-corrected chi connectivity index (χ0v) is 13.2.